The van der Waals surface area contributed by atoms with Gasteiger partial charge in [0, 0.05) is 19.8 Å². The van der Waals surface area contributed by atoms with Crippen LogP contribution in [0.1, 0.15) is 15.9 Å². The highest BCUT2D eigenvalue weighted by molar-refractivity contribution is 6.33. The third-order valence-corrected chi connectivity index (χ3v) is 3.27. The van der Waals surface area contributed by atoms with E-state index in [9.17, 15) is 4.79 Å². The smallest absolute Gasteiger partial charge is 0.253 e. The van der Waals surface area contributed by atoms with E-state index in [0.29, 0.717) is 22.9 Å². The van der Waals surface area contributed by atoms with Gasteiger partial charge in [-0.2, -0.15) is 0 Å². The number of methoxy groups -OCH3 is 1. The average Bonchev–Trinajstić information content (AvgIpc) is 2.53. The average molecular weight is 306 g/mol. The minimum Gasteiger partial charge on any atom is -0.497 e. The van der Waals surface area contributed by atoms with Crippen molar-refractivity contribution in [1.29, 1.82) is 0 Å². The number of halogens is 1. The molecule has 0 atom stereocenters. The van der Waals surface area contributed by atoms with Crippen LogP contribution in [-0.4, -0.2) is 25.0 Å². The highest BCUT2D eigenvalue weighted by atomic mass is 35.5. The topological polar surface area (TPSA) is 63.2 Å². The maximum Gasteiger partial charge on any atom is 0.253 e. The minimum atomic E-state index is -0.241. The van der Waals surface area contributed by atoms with Crippen LogP contribution in [0.15, 0.2) is 36.5 Å². The summed E-state index contributed by atoms with van der Waals surface area (Å²) in [6.45, 7) is 0.413. The van der Waals surface area contributed by atoms with Gasteiger partial charge in [0.05, 0.1) is 17.7 Å². The molecule has 1 amide bonds. The number of aromatic nitrogens is 1. The summed E-state index contributed by atoms with van der Waals surface area (Å²) in [5.74, 6) is 1.13. The fraction of sp³-hybridized carbons (Fsp3) is 0.200. The fourth-order valence-corrected chi connectivity index (χ4v) is 1.96. The van der Waals surface area contributed by atoms with E-state index in [1.807, 2.05) is 24.3 Å². The monoisotopic (exact) mass is 305 g/mol. The molecule has 2 N–H and O–H groups in total. The molecule has 0 bridgehead atoms. The molecule has 0 spiro atoms. The number of hydrogen-bond donors (Lipinski definition) is 2. The van der Waals surface area contributed by atoms with Crippen LogP contribution in [0.5, 0.6) is 5.75 Å². The number of hydrogen-bond acceptors (Lipinski definition) is 4. The molecular weight excluding hydrogens is 290 g/mol. The maximum absolute atomic E-state index is 12.2. The lowest BCUT2D eigenvalue weighted by molar-refractivity contribution is 0.0951. The van der Waals surface area contributed by atoms with Crippen molar-refractivity contribution in [3.8, 4) is 5.75 Å². The molecular formula is C15H16ClN3O2. The first-order chi connectivity index (χ1) is 10.1. The van der Waals surface area contributed by atoms with Crippen molar-refractivity contribution >= 4 is 23.3 Å². The van der Waals surface area contributed by atoms with Gasteiger partial charge in [0.15, 0.2) is 0 Å². The van der Waals surface area contributed by atoms with E-state index in [0.717, 1.165) is 11.3 Å². The van der Waals surface area contributed by atoms with E-state index in [-0.39, 0.29) is 5.91 Å². The predicted octanol–water partition coefficient (Wildman–Crippen LogP) is 2.72. The van der Waals surface area contributed by atoms with Crippen molar-refractivity contribution in [3.05, 3.63) is 52.7 Å². The van der Waals surface area contributed by atoms with Crippen molar-refractivity contribution in [2.45, 2.75) is 6.54 Å². The molecule has 1 heterocycles. The number of nitrogens with one attached hydrogen (secondary N) is 2. The van der Waals surface area contributed by atoms with Crippen molar-refractivity contribution < 1.29 is 9.53 Å². The molecule has 1 aromatic heterocycles. The zero-order chi connectivity index (χ0) is 15.2. The Bertz CT molecular complexity index is 629. The van der Waals surface area contributed by atoms with Crippen molar-refractivity contribution in [2.75, 3.05) is 19.5 Å². The van der Waals surface area contributed by atoms with Crippen LogP contribution in [0.25, 0.3) is 0 Å². The van der Waals surface area contributed by atoms with Crippen molar-refractivity contribution in [3.63, 3.8) is 0 Å². The molecule has 0 aliphatic rings. The van der Waals surface area contributed by atoms with E-state index >= 15 is 0 Å². The quantitative estimate of drug-likeness (QED) is 0.891. The van der Waals surface area contributed by atoms with E-state index < -0.39 is 0 Å². The molecule has 0 aliphatic heterocycles. The van der Waals surface area contributed by atoms with E-state index in [2.05, 4.69) is 15.6 Å². The Morgan fingerprint density at radius 3 is 2.67 bits per heavy atom. The minimum absolute atomic E-state index is 0.241. The molecule has 5 nitrogen and oxygen atoms in total. The summed E-state index contributed by atoms with van der Waals surface area (Å²) in [5.41, 5.74) is 1.37. The number of anilines is 1. The molecule has 110 valence electrons. The lowest BCUT2D eigenvalue weighted by Crippen LogP contribution is -2.23. The van der Waals surface area contributed by atoms with Gasteiger partial charge < -0.3 is 15.4 Å². The summed E-state index contributed by atoms with van der Waals surface area (Å²) >= 11 is 6.00. The van der Waals surface area contributed by atoms with Gasteiger partial charge in [-0.05, 0) is 23.8 Å². The summed E-state index contributed by atoms with van der Waals surface area (Å²) in [4.78, 5) is 16.2. The molecule has 21 heavy (non-hydrogen) atoms. The summed E-state index contributed by atoms with van der Waals surface area (Å²) < 4.78 is 5.09. The first-order valence-corrected chi connectivity index (χ1v) is 6.76. The maximum atomic E-state index is 12.2. The first kappa shape index (κ1) is 15.1. The Hall–Kier alpha value is -2.27. The second-order valence-electron chi connectivity index (χ2n) is 4.33. The van der Waals surface area contributed by atoms with Gasteiger partial charge in [0.1, 0.15) is 11.6 Å². The number of ether oxygens (including phenoxy) is 1. The number of carbonyl (C=O) groups excluding carboxylic acids is 1. The molecule has 2 aromatic rings. The molecule has 0 unspecified atom stereocenters. The second-order valence-corrected chi connectivity index (χ2v) is 4.74. The normalized spacial score (nSPS) is 10.0. The highest BCUT2D eigenvalue weighted by Gasteiger charge is 2.11. The molecule has 0 aliphatic carbocycles. The third-order valence-electron chi connectivity index (χ3n) is 2.97. The predicted molar refractivity (Wildman–Crippen MR) is 83.0 cm³/mol. The van der Waals surface area contributed by atoms with Gasteiger partial charge in [-0.1, -0.05) is 23.7 Å². The zero-order valence-corrected chi connectivity index (χ0v) is 12.6. The van der Waals surface area contributed by atoms with Crippen LogP contribution in [0.3, 0.4) is 0 Å². The number of nitrogens with zero attached hydrogens (tertiary/aromatic N) is 1. The second kappa shape index (κ2) is 6.95. The first-order valence-electron chi connectivity index (χ1n) is 6.38. The van der Waals surface area contributed by atoms with E-state index in [1.165, 1.54) is 6.20 Å². The van der Waals surface area contributed by atoms with Crippen LogP contribution >= 0.6 is 11.6 Å². The van der Waals surface area contributed by atoms with Crippen LogP contribution in [0.4, 0.5) is 5.82 Å². The molecule has 0 saturated carbocycles. The standard InChI is InChI=1S/C15H16ClN3O2/c1-17-14-7-12(13(16)9-18-14)15(20)19-8-10-3-5-11(21-2)6-4-10/h3-7,9H,8H2,1-2H3,(H,17,18)(H,19,20). The summed E-state index contributed by atoms with van der Waals surface area (Å²) in [6, 6.07) is 9.10. The third kappa shape index (κ3) is 3.86. The van der Waals surface area contributed by atoms with Crippen LogP contribution < -0.4 is 15.4 Å². The molecule has 0 radical (unpaired) electrons. The lowest BCUT2D eigenvalue weighted by atomic mass is 10.2. The fourth-order valence-electron chi connectivity index (χ4n) is 1.77. The summed E-state index contributed by atoms with van der Waals surface area (Å²) in [5, 5.41) is 6.02. The van der Waals surface area contributed by atoms with Crippen LogP contribution in [-0.2, 0) is 6.54 Å². The SMILES string of the molecule is CNc1cc(C(=O)NCc2ccc(OC)cc2)c(Cl)cn1. The van der Waals surface area contributed by atoms with Gasteiger partial charge in [-0.15, -0.1) is 0 Å². The van der Waals surface area contributed by atoms with Gasteiger partial charge in [-0.25, -0.2) is 4.98 Å². The van der Waals surface area contributed by atoms with Crippen molar-refractivity contribution in [1.82, 2.24) is 10.3 Å². The Morgan fingerprint density at radius 2 is 2.05 bits per heavy atom. The van der Waals surface area contributed by atoms with Crippen LogP contribution in [0, 0.1) is 0 Å². The van der Waals surface area contributed by atoms with Gasteiger partial charge in [0.2, 0.25) is 0 Å². The van der Waals surface area contributed by atoms with Gasteiger partial charge in [0.25, 0.3) is 5.91 Å². The molecule has 0 saturated heterocycles. The van der Waals surface area contributed by atoms with Gasteiger partial charge >= 0.3 is 0 Å². The molecule has 2 rings (SSSR count). The molecule has 6 heteroatoms. The molecule has 0 fully saturated rings. The largest absolute Gasteiger partial charge is 0.497 e. The number of amides is 1. The number of pyridine rings is 1. The summed E-state index contributed by atoms with van der Waals surface area (Å²) in [6.07, 6.45) is 1.45. The van der Waals surface area contributed by atoms with E-state index in [1.54, 1.807) is 20.2 Å². The van der Waals surface area contributed by atoms with Gasteiger partial charge in [-0.3, -0.25) is 4.79 Å². The lowest BCUT2D eigenvalue weighted by Gasteiger charge is -2.09. The Morgan fingerprint density at radius 1 is 1.33 bits per heavy atom. The van der Waals surface area contributed by atoms with Crippen LogP contribution in [0.2, 0.25) is 5.02 Å². The number of rotatable bonds is 5. The van der Waals surface area contributed by atoms with Crippen molar-refractivity contribution in [2.24, 2.45) is 0 Å². The molecule has 1 aromatic carbocycles. The Labute approximate surface area is 128 Å². The highest BCUT2D eigenvalue weighted by Crippen LogP contribution is 2.18. The number of carbonyl (C=O) groups is 1. The number of benzene rings is 1. The zero-order valence-electron chi connectivity index (χ0n) is 11.8. The Balaban J connectivity index is 2.04. The van der Waals surface area contributed by atoms with E-state index in [4.69, 9.17) is 16.3 Å². The summed E-state index contributed by atoms with van der Waals surface area (Å²) in [7, 11) is 3.34. The Kier molecular flexibility index (Phi) is 5.00.